The van der Waals surface area contributed by atoms with Crippen molar-refractivity contribution < 1.29 is 23.5 Å². The molecule has 4 nitrogen and oxygen atoms in total. The summed E-state index contributed by atoms with van der Waals surface area (Å²) < 4.78 is 25.1. The van der Waals surface area contributed by atoms with E-state index in [-0.39, 0.29) is 23.0 Å². The summed E-state index contributed by atoms with van der Waals surface area (Å²) in [6, 6.07) is 3.50. The molecule has 0 saturated carbocycles. The Morgan fingerprint density at radius 2 is 2.18 bits per heavy atom. The Kier molecular flexibility index (Phi) is 3.88. The number of benzene rings is 1. The van der Waals surface area contributed by atoms with Crippen LogP contribution in [0, 0.1) is 11.3 Å². The van der Waals surface area contributed by atoms with E-state index in [0.717, 1.165) is 12.1 Å². The molecule has 1 rings (SSSR count). The molecule has 0 saturated heterocycles. The normalized spacial score (nSPS) is 10.0. The van der Waals surface area contributed by atoms with Crippen molar-refractivity contribution in [3.63, 3.8) is 0 Å². The molecule has 0 spiro atoms. The van der Waals surface area contributed by atoms with Crippen LogP contribution in [-0.2, 0) is 11.2 Å². The summed E-state index contributed by atoms with van der Waals surface area (Å²) in [5.41, 5.74) is -0.972. The summed E-state index contributed by atoms with van der Waals surface area (Å²) in [5.74, 6) is -1.21. The van der Waals surface area contributed by atoms with E-state index in [4.69, 9.17) is 10.4 Å². The van der Waals surface area contributed by atoms with E-state index in [2.05, 4.69) is 0 Å². The molecule has 0 unspecified atom stereocenters. The number of nitriles is 1. The minimum atomic E-state index is -2.89. The fourth-order valence-corrected chi connectivity index (χ4v) is 1.38. The fraction of sp³-hybridized carbons (Fsp3) is 0.182. The van der Waals surface area contributed by atoms with Gasteiger partial charge in [-0.05, 0) is 17.7 Å². The highest BCUT2D eigenvalue weighted by molar-refractivity contribution is 5.80. The van der Waals surface area contributed by atoms with Crippen LogP contribution in [0.1, 0.15) is 33.5 Å². The molecule has 88 valence electrons. The Labute approximate surface area is 95.1 Å². The second kappa shape index (κ2) is 5.16. The van der Waals surface area contributed by atoms with Gasteiger partial charge in [0, 0.05) is 11.1 Å². The van der Waals surface area contributed by atoms with E-state index in [9.17, 15) is 18.4 Å². The standard InChI is InChI=1S/C11H7F2NO3/c12-11(13)9-2-7(4-14)6(3-10(16)17)1-8(9)5-15/h1-2,5,11H,3H2,(H,16,17). The van der Waals surface area contributed by atoms with Crippen molar-refractivity contribution in [1.82, 2.24) is 0 Å². The molecule has 0 heterocycles. The monoisotopic (exact) mass is 239 g/mol. The van der Waals surface area contributed by atoms with Gasteiger partial charge in [0.25, 0.3) is 6.43 Å². The number of rotatable bonds is 4. The first kappa shape index (κ1) is 12.8. The number of carbonyl (C=O) groups is 2. The maximum absolute atomic E-state index is 12.5. The average Bonchev–Trinajstić information content (AvgIpc) is 2.27. The molecular weight excluding hydrogens is 232 g/mol. The Hall–Kier alpha value is -2.29. The molecule has 1 N–H and O–H groups in total. The Balaban J connectivity index is 3.38. The molecule has 1 aromatic rings. The highest BCUT2D eigenvalue weighted by Crippen LogP contribution is 2.25. The first-order valence-corrected chi connectivity index (χ1v) is 4.51. The van der Waals surface area contributed by atoms with Gasteiger partial charge in [-0.3, -0.25) is 9.59 Å². The third-order valence-corrected chi connectivity index (χ3v) is 2.13. The number of hydrogen-bond acceptors (Lipinski definition) is 3. The zero-order valence-electron chi connectivity index (χ0n) is 8.48. The van der Waals surface area contributed by atoms with Gasteiger partial charge in [-0.1, -0.05) is 0 Å². The lowest BCUT2D eigenvalue weighted by atomic mass is 9.98. The van der Waals surface area contributed by atoms with Crippen molar-refractivity contribution in [2.24, 2.45) is 0 Å². The number of aliphatic carboxylic acids is 1. The molecule has 0 bridgehead atoms. The SMILES string of the molecule is N#Cc1cc(C(F)F)c(C=O)cc1CC(=O)O. The summed E-state index contributed by atoms with van der Waals surface area (Å²) in [5, 5.41) is 17.3. The van der Waals surface area contributed by atoms with Gasteiger partial charge in [0.1, 0.15) is 0 Å². The van der Waals surface area contributed by atoms with E-state index in [0.29, 0.717) is 0 Å². The van der Waals surface area contributed by atoms with Crippen LogP contribution in [0.15, 0.2) is 12.1 Å². The second-order valence-electron chi connectivity index (χ2n) is 3.24. The van der Waals surface area contributed by atoms with Gasteiger partial charge in [-0.15, -0.1) is 0 Å². The molecule has 0 amide bonds. The molecule has 0 aliphatic carbocycles. The lowest BCUT2D eigenvalue weighted by Gasteiger charge is -2.08. The lowest BCUT2D eigenvalue weighted by Crippen LogP contribution is -2.05. The number of nitrogens with zero attached hydrogens (tertiary/aromatic N) is 1. The van der Waals surface area contributed by atoms with Crippen LogP contribution in [0.4, 0.5) is 8.78 Å². The lowest BCUT2D eigenvalue weighted by molar-refractivity contribution is -0.136. The van der Waals surface area contributed by atoms with Crippen LogP contribution in [0.2, 0.25) is 0 Å². The maximum Gasteiger partial charge on any atom is 0.307 e. The van der Waals surface area contributed by atoms with Crippen LogP contribution in [0.3, 0.4) is 0 Å². The minimum absolute atomic E-state index is 0.0477. The van der Waals surface area contributed by atoms with E-state index in [1.807, 2.05) is 0 Å². The number of hydrogen-bond donors (Lipinski definition) is 1. The van der Waals surface area contributed by atoms with E-state index < -0.39 is 24.4 Å². The van der Waals surface area contributed by atoms with Crippen molar-refractivity contribution in [2.75, 3.05) is 0 Å². The summed E-state index contributed by atoms with van der Waals surface area (Å²) in [6.07, 6.45) is -3.16. The van der Waals surface area contributed by atoms with Gasteiger partial charge in [0.15, 0.2) is 6.29 Å². The first-order valence-electron chi connectivity index (χ1n) is 4.51. The number of alkyl halides is 2. The molecule has 1 aromatic carbocycles. The molecule has 0 aliphatic heterocycles. The molecule has 6 heteroatoms. The van der Waals surface area contributed by atoms with Gasteiger partial charge in [0.05, 0.1) is 18.1 Å². The number of halogens is 2. The van der Waals surface area contributed by atoms with Crippen molar-refractivity contribution in [2.45, 2.75) is 12.8 Å². The van der Waals surface area contributed by atoms with Gasteiger partial charge in [-0.25, -0.2) is 8.78 Å². The van der Waals surface area contributed by atoms with E-state index >= 15 is 0 Å². The predicted octanol–water partition coefficient (Wildman–Crippen LogP) is 1.94. The third kappa shape index (κ3) is 2.84. The Morgan fingerprint density at radius 1 is 1.53 bits per heavy atom. The zero-order chi connectivity index (χ0) is 13.0. The van der Waals surface area contributed by atoms with Crippen LogP contribution in [-0.4, -0.2) is 17.4 Å². The zero-order valence-corrected chi connectivity index (χ0v) is 8.48. The molecule has 0 fully saturated rings. The first-order chi connectivity index (χ1) is 7.99. The van der Waals surface area contributed by atoms with Gasteiger partial charge < -0.3 is 5.11 Å². The Morgan fingerprint density at radius 3 is 2.59 bits per heavy atom. The van der Waals surface area contributed by atoms with Crippen molar-refractivity contribution >= 4 is 12.3 Å². The van der Waals surface area contributed by atoms with Gasteiger partial charge in [0.2, 0.25) is 0 Å². The molecule has 17 heavy (non-hydrogen) atoms. The summed E-state index contributed by atoms with van der Waals surface area (Å²) >= 11 is 0. The van der Waals surface area contributed by atoms with E-state index in [1.54, 1.807) is 6.07 Å². The third-order valence-electron chi connectivity index (χ3n) is 2.13. The fourth-order valence-electron chi connectivity index (χ4n) is 1.38. The number of carbonyl (C=O) groups excluding carboxylic acids is 1. The second-order valence-corrected chi connectivity index (χ2v) is 3.24. The molecule has 0 aliphatic rings. The smallest absolute Gasteiger partial charge is 0.307 e. The van der Waals surface area contributed by atoms with Crippen LogP contribution < -0.4 is 0 Å². The summed E-state index contributed by atoms with van der Waals surface area (Å²) in [7, 11) is 0. The average molecular weight is 239 g/mol. The van der Waals surface area contributed by atoms with Crippen molar-refractivity contribution in [3.8, 4) is 6.07 Å². The topological polar surface area (TPSA) is 78.2 Å². The summed E-state index contributed by atoms with van der Waals surface area (Å²) in [4.78, 5) is 21.1. The van der Waals surface area contributed by atoms with Crippen LogP contribution in [0.25, 0.3) is 0 Å². The molecular formula is C11H7F2NO3. The number of carboxylic acids is 1. The van der Waals surface area contributed by atoms with Crippen LogP contribution in [0.5, 0.6) is 0 Å². The van der Waals surface area contributed by atoms with Crippen molar-refractivity contribution in [1.29, 1.82) is 5.26 Å². The van der Waals surface area contributed by atoms with Gasteiger partial charge >= 0.3 is 5.97 Å². The molecule has 0 atom stereocenters. The Bertz CT molecular complexity index is 506. The quantitative estimate of drug-likeness (QED) is 0.814. The van der Waals surface area contributed by atoms with E-state index in [1.165, 1.54) is 0 Å². The largest absolute Gasteiger partial charge is 0.481 e. The van der Waals surface area contributed by atoms with Gasteiger partial charge in [-0.2, -0.15) is 5.26 Å². The number of aldehydes is 1. The van der Waals surface area contributed by atoms with Crippen LogP contribution >= 0.6 is 0 Å². The maximum atomic E-state index is 12.5. The highest BCUT2D eigenvalue weighted by Gasteiger charge is 2.17. The summed E-state index contributed by atoms with van der Waals surface area (Å²) in [6.45, 7) is 0. The highest BCUT2D eigenvalue weighted by atomic mass is 19.3. The number of carboxylic acid groups (broad SMARTS) is 1. The predicted molar refractivity (Wildman–Crippen MR) is 52.8 cm³/mol. The van der Waals surface area contributed by atoms with Crippen molar-refractivity contribution in [3.05, 3.63) is 34.4 Å². The molecule has 0 radical (unpaired) electrons. The minimum Gasteiger partial charge on any atom is -0.481 e. The molecule has 0 aromatic heterocycles.